The summed E-state index contributed by atoms with van der Waals surface area (Å²) in [6, 6.07) is 11.8. The van der Waals surface area contributed by atoms with Crippen LogP contribution in [0.25, 0.3) is 0 Å². The highest BCUT2D eigenvalue weighted by Crippen LogP contribution is 2.47. The fourth-order valence-corrected chi connectivity index (χ4v) is 3.71. The van der Waals surface area contributed by atoms with Gasteiger partial charge in [-0.1, -0.05) is 12.1 Å². The Balaban J connectivity index is 1.39. The molecule has 2 fully saturated rings. The fourth-order valence-electron chi connectivity index (χ4n) is 3.71. The van der Waals surface area contributed by atoms with Gasteiger partial charge in [0.05, 0.1) is 19.8 Å². The number of methoxy groups -OCH3 is 2. The summed E-state index contributed by atoms with van der Waals surface area (Å²) in [4.78, 5) is 21.4. The largest absolute Gasteiger partial charge is 0.493 e. The maximum atomic E-state index is 12.9. The fraction of sp³-hybridized carbons (Fsp3) is 0.429. The molecule has 2 heterocycles. The Hall–Kier alpha value is -2.96. The average Bonchev–Trinajstić information content (AvgIpc) is 3.54. The zero-order chi connectivity index (χ0) is 19.6. The van der Waals surface area contributed by atoms with Gasteiger partial charge in [0.1, 0.15) is 5.82 Å². The van der Waals surface area contributed by atoms with Gasteiger partial charge < -0.3 is 24.6 Å². The molecular formula is C21H26N4O3. The van der Waals surface area contributed by atoms with Gasteiger partial charge in [0.15, 0.2) is 11.5 Å². The number of aromatic nitrogens is 1. The van der Waals surface area contributed by atoms with E-state index in [0.29, 0.717) is 24.6 Å². The zero-order valence-corrected chi connectivity index (χ0v) is 16.4. The number of hydrogen-bond acceptors (Lipinski definition) is 5. The van der Waals surface area contributed by atoms with Gasteiger partial charge >= 0.3 is 6.03 Å². The molecule has 0 bridgehead atoms. The molecule has 1 saturated heterocycles. The second-order valence-corrected chi connectivity index (χ2v) is 7.24. The Morgan fingerprint density at radius 2 is 1.79 bits per heavy atom. The van der Waals surface area contributed by atoms with Gasteiger partial charge in [0.25, 0.3) is 0 Å². The monoisotopic (exact) mass is 382 g/mol. The van der Waals surface area contributed by atoms with Crippen LogP contribution in [0.1, 0.15) is 18.4 Å². The highest BCUT2D eigenvalue weighted by molar-refractivity contribution is 5.76. The van der Waals surface area contributed by atoms with Gasteiger partial charge in [-0.25, -0.2) is 9.78 Å². The van der Waals surface area contributed by atoms with E-state index in [1.807, 2.05) is 41.3 Å². The lowest BCUT2D eigenvalue weighted by atomic mass is 10.0. The number of ether oxygens (including phenoxy) is 2. The lowest BCUT2D eigenvalue weighted by Gasteiger charge is -2.36. The summed E-state index contributed by atoms with van der Waals surface area (Å²) in [5.41, 5.74) is 0.764. The Morgan fingerprint density at radius 3 is 2.39 bits per heavy atom. The maximum Gasteiger partial charge on any atom is 0.318 e. The van der Waals surface area contributed by atoms with Crippen LogP contribution in [0.3, 0.4) is 0 Å². The molecule has 2 aromatic rings. The third kappa shape index (κ3) is 3.56. The van der Waals surface area contributed by atoms with E-state index in [9.17, 15) is 4.79 Å². The molecule has 1 saturated carbocycles. The molecule has 1 aliphatic carbocycles. The van der Waals surface area contributed by atoms with E-state index < -0.39 is 0 Å². The summed E-state index contributed by atoms with van der Waals surface area (Å²) < 4.78 is 10.7. The van der Waals surface area contributed by atoms with Crippen molar-refractivity contribution in [3.05, 3.63) is 48.2 Å². The molecule has 0 spiro atoms. The normalized spacial score (nSPS) is 17.8. The number of piperazine rings is 1. The second-order valence-electron chi connectivity index (χ2n) is 7.24. The first-order valence-corrected chi connectivity index (χ1v) is 9.61. The minimum Gasteiger partial charge on any atom is -0.493 e. The molecule has 148 valence electrons. The molecule has 2 aliphatic rings. The number of amides is 2. The topological polar surface area (TPSA) is 66.9 Å². The first-order chi connectivity index (χ1) is 13.6. The van der Waals surface area contributed by atoms with Crippen LogP contribution in [0.4, 0.5) is 10.6 Å². The molecule has 1 aromatic heterocycles. The number of pyridine rings is 1. The van der Waals surface area contributed by atoms with Gasteiger partial charge in [-0.3, -0.25) is 0 Å². The Morgan fingerprint density at radius 1 is 1.04 bits per heavy atom. The number of carbonyl (C=O) groups excluding carboxylic acids is 1. The SMILES string of the molecule is COc1ccc(C2(NC(=O)N3CCN(c4ccccn4)CC3)CC2)cc1OC. The van der Waals surface area contributed by atoms with E-state index in [-0.39, 0.29) is 11.6 Å². The van der Waals surface area contributed by atoms with Crippen molar-refractivity contribution < 1.29 is 14.3 Å². The van der Waals surface area contributed by atoms with Crippen LogP contribution in [0.2, 0.25) is 0 Å². The molecule has 1 aliphatic heterocycles. The van der Waals surface area contributed by atoms with Crippen LogP contribution >= 0.6 is 0 Å². The number of hydrogen-bond donors (Lipinski definition) is 1. The smallest absolute Gasteiger partial charge is 0.318 e. The highest BCUT2D eigenvalue weighted by Gasteiger charge is 2.47. The van der Waals surface area contributed by atoms with Crippen LogP contribution < -0.4 is 19.7 Å². The number of urea groups is 1. The van der Waals surface area contributed by atoms with Crippen LogP contribution in [-0.4, -0.2) is 56.3 Å². The van der Waals surface area contributed by atoms with Gasteiger partial charge in [-0.15, -0.1) is 0 Å². The summed E-state index contributed by atoms with van der Waals surface area (Å²) in [7, 11) is 3.25. The van der Waals surface area contributed by atoms with E-state index in [1.165, 1.54) is 0 Å². The molecule has 7 nitrogen and oxygen atoms in total. The van der Waals surface area contributed by atoms with Gasteiger partial charge in [-0.2, -0.15) is 0 Å². The molecule has 0 unspecified atom stereocenters. The third-order valence-electron chi connectivity index (χ3n) is 5.57. The summed E-state index contributed by atoms with van der Waals surface area (Å²) >= 11 is 0. The number of nitrogens with one attached hydrogen (secondary N) is 1. The standard InChI is InChI=1S/C21H26N4O3/c1-27-17-7-6-16(15-18(17)28-2)21(8-9-21)23-20(26)25-13-11-24(12-14-25)19-5-3-4-10-22-19/h3-7,10,15H,8-9,11-14H2,1-2H3,(H,23,26). The van der Waals surface area contributed by atoms with Crippen molar-refractivity contribution in [2.75, 3.05) is 45.3 Å². The maximum absolute atomic E-state index is 12.9. The molecule has 28 heavy (non-hydrogen) atoms. The molecule has 0 radical (unpaired) electrons. The highest BCUT2D eigenvalue weighted by atomic mass is 16.5. The predicted molar refractivity (Wildman–Crippen MR) is 107 cm³/mol. The Labute approximate surface area is 165 Å². The van der Waals surface area contributed by atoms with Crippen LogP contribution in [0.5, 0.6) is 11.5 Å². The van der Waals surface area contributed by atoms with E-state index >= 15 is 0 Å². The van der Waals surface area contributed by atoms with Crippen molar-refractivity contribution in [3.63, 3.8) is 0 Å². The summed E-state index contributed by atoms with van der Waals surface area (Å²) in [5.74, 6) is 2.34. The van der Waals surface area contributed by atoms with Crippen LogP contribution in [0.15, 0.2) is 42.6 Å². The molecular weight excluding hydrogens is 356 g/mol. The van der Waals surface area contributed by atoms with E-state index in [2.05, 4.69) is 15.2 Å². The molecule has 7 heteroatoms. The minimum atomic E-state index is -0.297. The molecule has 1 N–H and O–H groups in total. The summed E-state index contributed by atoms with van der Waals surface area (Å²) in [6.45, 7) is 2.94. The van der Waals surface area contributed by atoms with E-state index in [0.717, 1.165) is 37.3 Å². The Bertz CT molecular complexity index is 831. The van der Waals surface area contributed by atoms with Gasteiger partial charge in [-0.05, 0) is 42.7 Å². The van der Waals surface area contributed by atoms with Crippen molar-refractivity contribution in [2.45, 2.75) is 18.4 Å². The molecule has 0 atom stereocenters. The molecule has 4 rings (SSSR count). The quantitative estimate of drug-likeness (QED) is 0.861. The van der Waals surface area contributed by atoms with Gasteiger partial charge in [0, 0.05) is 32.4 Å². The lowest BCUT2D eigenvalue weighted by Crippen LogP contribution is -2.53. The number of anilines is 1. The molecule has 1 aromatic carbocycles. The summed E-state index contributed by atoms with van der Waals surface area (Å²) in [6.07, 6.45) is 3.67. The Kier molecular flexibility index (Phi) is 4.98. The van der Waals surface area contributed by atoms with Crippen LogP contribution in [-0.2, 0) is 5.54 Å². The van der Waals surface area contributed by atoms with Crippen molar-refractivity contribution >= 4 is 11.8 Å². The van der Waals surface area contributed by atoms with Crippen molar-refractivity contribution in [3.8, 4) is 11.5 Å². The van der Waals surface area contributed by atoms with E-state index in [1.54, 1.807) is 20.4 Å². The van der Waals surface area contributed by atoms with Crippen LogP contribution in [0, 0.1) is 0 Å². The minimum absolute atomic E-state index is 0.00652. The van der Waals surface area contributed by atoms with Gasteiger partial charge in [0.2, 0.25) is 0 Å². The van der Waals surface area contributed by atoms with Crippen molar-refractivity contribution in [1.29, 1.82) is 0 Å². The number of benzene rings is 1. The average molecular weight is 382 g/mol. The first-order valence-electron chi connectivity index (χ1n) is 9.61. The number of nitrogens with zero attached hydrogens (tertiary/aromatic N) is 3. The summed E-state index contributed by atoms with van der Waals surface area (Å²) in [5, 5.41) is 3.25. The third-order valence-corrected chi connectivity index (χ3v) is 5.57. The van der Waals surface area contributed by atoms with Crippen molar-refractivity contribution in [2.24, 2.45) is 0 Å². The second kappa shape index (κ2) is 7.58. The zero-order valence-electron chi connectivity index (χ0n) is 16.4. The number of carbonyl (C=O) groups is 1. The lowest BCUT2D eigenvalue weighted by molar-refractivity contribution is 0.188. The van der Waals surface area contributed by atoms with Crippen molar-refractivity contribution in [1.82, 2.24) is 15.2 Å². The number of rotatable bonds is 5. The molecule has 2 amide bonds. The first kappa shape index (κ1) is 18.4. The predicted octanol–water partition coefficient (Wildman–Crippen LogP) is 2.62. The van der Waals surface area contributed by atoms with E-state index in [4.69, 9.17) is 9.47 Å².